The van der Waals surface area contributed by atoms with Crippen molar-refractivity contribution >= 4 is 30.5 Å². The molecule has 57 heavy (non-hydrogen) atoms. The first-order valence-electron chi connectivity index (χ1n) is 22.0. The Morgan fingerprint density at radius 1 is 0.561 bits per heavy atom. The first-order valence-corrected chi connectivity index (χ1v) is 22.5. The van der Waals surface area contributed by atoms with Gasteiger partial charge in [0.05, 0.1) is 64.9 Å². The molecule has 0 radical (unpaired) electrons. The van der Waals surface area contributed by atoms with E-state index in [4.69, 9.17) is 24.7 Å². The number of rotatable bonds is 36. The number of nitrogens with two attached hydrogens (primary N) is 1. The van der Waals surface area contributed by atoms with E-state index in [-0.39, 0.29) is 29.8 Å². The molecule has 4 fully saturated rings. The van der Waals surface area contributed by atoms with E-state index in [0.717, 1.165) is 70.2 Å². The van der Waals surface area contributed by atoms with Gasteiger partial charge in [-0.05, 0) is 90.1 Å². The van der Waals surface area contributed by atoms with Gasteiger partial charge in [-0.25, -0.2) is 0 Å². The number of ether oxygens (including phenoxy) is 4. The second-order valence-corrected chi connectivity index (χ2v) is 15.6. The molecule has 10 N–H and O–H groups in total. The predicted molar refractivity (Wildman–Crippen MR) is 229 cm³/mol. The number of unbranched alkanes of at least 4 members (excludes halogenated alkanes) is 2. The molecule has 2 atom stereocenters. The summed E-state index contributed by atoms with van der Waals surface area (Å²) in [6, 6.07) is 2.42. The van der Waals surface area contributed by atoms with Crippen molar-refractivity contribution in [2.75, 3.05) is 98.7 Å². The zero-order valence-electron chi connectivity index (χ0n) is 35.4. The van der Waals surface area contributed by atoms with E-state index < -0.39 is 0 Å². The fourth-order valence-electron chi connectivity index (χ4n) is 5.55. The molecule has 0 spiro atoms. The molecule has 3 amide bonds. The van der Waals surface area contributed by atoms with Gasteiger partial charge < -0.3 is 61.9 Å². The highest BCUT2D eigenvalue weighted by Gasteiger charge is 2.29. The van der Waals surface area contributed by atoms with E-state index >= 15 is 0 Å². The average Bonchev–Trinajstić information content (AvgIpc) is 4.00. The van der Waals surface area contributed by atoms with Crippen molar-refractivity contribution in [1.82, 2.24) is 41.9 Å². The normalized spacial score (nSPS) is 17.1. The van der Waals surface area contributed by atoms with Crippen LogP contribution in [0.4, 0.5) is 0 Å². The molecule has 17 heteroatoms. The van der Waals surface area contributed by atoms with Crippen LogP contribution >= 0.6 is 12.8 Å². The molecule has 0 aromatic carbocycles. The fourth-order valence-corrected chi connectivity index (χ4v) is 5.55. The molecule has 0 heterocycles. The van der Waals surface area contributed by atoms with Crippen LogP contribution in [0.1, 0.15) is 104 Å². The topological polar surface area (TPSA) is 210 Å². The third-order valence-corrected chi connectivity index (χ3v) is 9.71. The summed E-state index contributed by atoms with van der Waals surface area (Å²) in [5.74, 6) is 0.127. The number of carbonyl (C=O) groups excluding carboxylic acids is 3. The Balaban J connectivity index is 0.000000361. The Hall–Kier alpha value is -1.64. The van der Waals surface area contributed by atoms with Gasteiger partial charge in [0, 0.05) is 63.8 Å². The first-order chi connectivity index (χ1) is 27.9. The van der Waals surface area contributed by atoms with Gasteiger partial charge in [-0.2, -0.15) is 0 Å². The van der Waals surface area contributed by atoms with Crippen molar-refractivity contribution in [3.8, 4) is 0 Å². The Kier molecular flexibility index (Phi) is 31.8. The average molecular weight is 832 g/mol. The number of carbonyl (C=O) groups is 3. The van der Waals surface area contributed by atoms with Crippen LogP contribution in [0.5, 0.6) is 0 Å². The van der Waals surface area contributed by atoms with E-state index in [2.05, 4.69) is 54.8 Å². The minimum atomic E-state index is -0.0921. The summed E-state index contributed by atoms with van der Waals surface area (Å²) in [6.07, 6.45) is 16.2. The molecular weight excluding hydrogens is 751 g/mol. The van der Waals surface area contributed by atoms with Crippen molar-refractivity contribution < 1.29 is 33.3 Å². The summed E-state index contributed by atoms with van der Waals surface area (Å²) >= 11 is 3.67. The maximum Gasteiger partial charge on any atom is 0.237 e. The van der Waals surface area contributed by atoms with Crippen molar-refractivity contribution in [2.45, 2.75) is 140 Å². The summed E-state index contributed by atoms with van der Waals surface area (Å²) in [6.45, 7) is 12.7. The van der Waals surface area contributed by atoms with Crippen LogP contribution in [0.2, 0.25) is 0 Å². The van der Waals surface area contributed by atoms with Crippen molar-refractivity contribution in [3.63, 3.8) is 0 Å². The number of hydrogen-bond acceptors (Lipinski definition) is 14. The van der Waals surface area contributed by atoms with E-state index in [9.17, 15) is 14.4 Å². The van der Waals surface area contributed by atoms with Gasteiger partial charge in [0.15, 0.2) is 0 Å². The first kappa shape index (κ1) is 51.5. The summed E-state index contributed by atoms with van der Waals surface area (Å²) in [5, 5.41) is 22.6. The third-order valence-electron chi connectivity index (χ3n) is 9.40. The molecule has 4 rings (SSSR count). The Labute approximate surface area is 349 Å². The molecule has 0 bridgehead atoms. The molecule has 16 nitrogen and oxygen atoms in total. The molecule has 4 aliphatic carbocycles. The van der Waals surface area contributed by atoms with E-state index in [1.54, 1.807) is 0 Å². The lowest BCUT2D eigenvalue weighted by molar-refractivity contribution is -0.124. The smallest absolute Gasteiger partial charge is 0.237 e. The number of nitrogens with one attached hydrogen (secondary N) is 8. The molecule has 334 valence electrons. The molecule has 4 aliphatic rings. The molecule has 0 aromatic rings. The lowest BCUT2D eigenvalue weighted by atomic mass is 10.1. The number of amides is 3. The van der Waals surface area contributed by atoms with Gasteiger partial charge in [0.25, 0.3) is 0 Å². The van der Waals surface area contributed by atoms with Crippen LogP contribution in [0, 0.1) is 0 Å². The second kappa shape index (κ2) is 35.1. The van der Waals surface area contributed by atoms with Gasteiger partial charge in [0.1, 0.15) is 0 Å². The van der Waals surface area contributed by atoms with Crippen LogP contribution in [0.25, 0.3) is 0 Å². The predicted octanol–water partition coefficient (Wildman–Crippen LogP) is 0.893. The Morgan fingerprint density at radius 3 is 1.26 bits per heavy atom. The highest BCUT2D eigenvalue weighted by Crippen LogP contribution is 2.22. The van der Waals surface area contributed by atoms with E-state index in [0.29, 0.717) is 91.1 Å². The van der Waals surface area contributed by atoms with Crippen LogP contribution in [0.15, 0.2) is 0 Å². The summed E-state index contributed by atoms with van der Waals surface area (Å²) in [5.41, 5.74) is 5.34. The van der Waals surface area contributed by atoms with Gasteiger partial charge in [-0.3, -0.25) is 19.1 Å². The SMILES string of the molecule is CC(=O)NCCOCCOCCNC(=O)C(CCCCNC1CC1)NC1CC1.CCNS.NCCOCCOCCNC(=O)C(CCCCNC1CC1)NC1CC1. The molecule has 0 aromatic heterocycles. The maximum atomic E-state index is 12.4. The zero-order valence-corrected chi connectivity index (χ0v) is 36.2. The molecule has 0 saturated heterocycles. The Bertz CT molecular complexity index is 1010. The second-order valence-electron chi connectivity index (χ2n) is 15.3. The minimum Gasteiger partial charge on any atom is -0.378 e. The summed E-state index contributed by atoms with van der Waals surface area (Å²) < 4.78 is 24.1. The van der Waals surface area contributed by atoms with Gasteiger partial charge in [-0.15, -0.1) is 0 Å². The number of hydrogen-bond donors (Lipinski definition) is 10. The maximum absolute atomic E-state index is 12.4. The standard InChI is InChI=1S/C20H38N4O4.C18H36N4O3.C2H7NS/c1-16(25)21-10-12-27-14-15-28-13-11-23-20(26)19(24-18-7-8-18)4-2-3-9-22-17-5-6-17;19-8-11-24-13-14-25-12-10-21-18(23)17(22-16-6-7-16)3-1-2-9-20-15-4-5-15;1-2-3-4/h17-19,22,24H,2-15H2,1H3,(H,21,25)(H,23,26);15-17,20,22H,1-14,19H2,(H,21,23);3-4H,2H2,1H3. The molecule has 2 unspecified atom stereocenters. The zero-order chi connectivity index (χ0) is 41.2. The van der Waals surface area contributed by atoms with Crippen molar-refractivity contribution in [3.05, 3.63) is 0 Å². The lowest BCUT2D eigenvalue weighted by Gasteiger charge is -2.18. The van der Waals surface area contributed by atoms with E-state index in [1.807, 2.05) is 6.92 Å². The molecule has 0 aliphatic heterocycles. The van der Waals surface area contributed by atoms with Crippen molar-refractivity contribution in [2.24, 2.45) is 5.73 Å². The fraction of sp³-hybridized carbons (Fsp3) is 0.925. The highest BCUT2D eigenvalue weighted by atomic mass is 32.1. The lowest BCUT2D eigenvalue weighted by Crippen LogP contribution is -2.46. The van der Waals surface area contributed by atoms with Crippen LogP contribution < -0.4 is 47.7 Å². The molecule has 4 saturated carbocycles. The van der Waals surface area contributed by atoms with Crippen LogP contribution in [-0.2, 0) is 33.3 Å². The molecular formula is C40H81N9O7S. The van der Waals surface area contributed by atoms with Gasteiger partial charge in [0.2, 0.25) is 17.7 Å². The largest absolute Gasteiger partial charge is 0.378 e. The third kappa shape index (κ3) is 33.8. The highest BCUT2D eigenvalue weighted by molar-refractivity contribution is 7.78. The number of thiol groups is 1. The minimum absolute atomic E-state index is 0.0556. The Morgan fingerprint density at radius 2 is 0.930 bits per heavy atom. The van der Waals surface area contributed by atoms with Crippen LogP contribution in [0.3, 0.4) is 0 Å². The van der Waals surface area contributed by atoms with Gasteiger partial charge >= 0.3 is 0 Å². The monoisotopic (exact) mass is 832 g/mol. The quantitative estimate of drug-likeness (QED) is 0.0315. The van der Waals surface area contributed by atoms with Crippen LogP contribution in [-0.4, -0.2) is 153 Å². The van der Waals surface area contributed by atoms with E-state index in [1.165, 1.54) is 58.3 Å². The summed E-state index contributed by atoms with van der Waals surface area (Å²) in [7, 11) is 0. The summed E-state index contributed by atoms with van der Waals surface area (Å²) in [4.78, 5) is 35.5. The van der Waals surface area contributed by atoms with Gasteiger partial charge in [-0.1, -0.05) is 32.6 Å². The van der Waals surface area contributed by atoms with Crippen molar-refractivity contribution in [1.29, 1.82) is 0 Å².